The molecule has 1 amide bonds. The quantitative estimate of drug-likeness (QED) is 0.338. The van der Waals surface area contributed by atoms with E-state index in [1.54, 1.807) is 0 Å². The Balaban J connectivity index is 1.60. The lowest BCUT2D eigenvalue weighted by Crippen LogP contribution is -2.35. The molecule has 1 aliphatic heterocycles. The van der Waals surface area contributed by atoms with E-state index in [2.05, 4.69) is 66.4 Å². The van der Waals surface area contributed by atoms with Crippen molar-refractivity contribution in [1.82, 2.24) is 0 Å². The Bertz CT molecular complexity index is 1300. The molecule has 1 heterocycles. The first-order chi connectivity index (χ1) is 15.5. The third-order valence-electron chi connectivity index (χ3n) is 6.16. The minimum atomic E-state index is -0.164. The summed E-state index contributed by atoms with van der Waals surface area (Å²) in [4.78, 5) is 17.7. The first-order valence-corrected chi connectivity index (χ1v) is 11.3. The summed E-state index contributed by atoms with van der Waals surface area (Å²) in [7, 11) is 0. The smallest absolute Gasteiger partial charge is 0.231 e. The summed E-state index contributed by atoms with van der Waals surface area (Å²) >= 11 is 6.42. The average molecular weight is 441 g/mol. The summed E-state index contributed by atoms with van der Waals surface area (Å²) in [5, 5.41) is 3.04. The highest BCUT2D eigenvalue weighted by Gasteiger charge is 2.32. The second-order valence-corrected chi connectivity index (χ2v) is 9.02. The largest absolute Gasteiger partial charge is 0.339 e. The van der Waals surface area contributed by atoms with Crippen LogP contribution >= 0.6 is 11.6 Å². The van der Waals surface area contributed by atoms with E-state index in [0.29, 0.717) is 18.1 Å². The van der Waals surface area contributed by atoms with E-state index in [4.69, 9.17) is 11.6 Å². The minimum Gasteiger partial charge on any atom is -0.339 e. The molecule has 0 spiro atoms. The first kappa shape index (κ1) is 20.6. The van der Waals surface area contributed by atoms with Gasteiger partial charge in [0.2, 0.25) is 5.91 Å². The van der Waals surface area contributed by atoms with Gasteiger partial charge < -0.3 is 9.80 Å². The van der Waals surface area contributed by atoms with Crippen LogP contribution in [0.1, 0.15) is 18.1 Å². The summed E-state index contributed by atoms with van der Waals surface area (Å²) < 4.78 is 0. The van der Waals surface area contributed by atoms with Crippen molar-refractivity contribution in [3.63, 3.8) is 0 Å². The van der Waals surface area contributed by atoms with Gasteiger partial charge in [-0.25, -0.2) is 0 Å². The third kappa shape index (κ3) is 3.85. The van der Waals surface area contributed by atoms with Crippen molar-refractivity contribution < 1.29 is 4.79 Å². The molecule has 0 N–H and O–H groups in total. The van der Waals surface area contributed by atoms with E-state index in [1.807, 2.05) is 42.2 Å². The van der Waals surface area contributed by atoms with Crippen LogP contribution in [-0.2, 0) is 11.3 Å². The van der Waals surface area contributed by atoms with Gasteiger partial charge in [0.15, 0.2) is 0 Å². The van der Waals surface area contributed by atoms with Gasteiger partial charge in [-0.2, -0.15) is 0 Å². The van der Waals surface area contributed by atoms with Gasteiger partial charge in [0.25, 0.3) is 0 Å². The molecule has 0 bridgehead atoms. The molecule has 4 heteroatoms. The van der Waals surface area contributed by atoms with Crippen molar-refractivity contribution in [2.24, 2.45) is 5.92 Å². The van der Waals surface area contributed by atoms with E-state index >= 15 is 0 Å². The van der Waals surface area contributed by atoms with Gasteiger partial charge in [-0.1, -0.05) is 72.6 Å². The fourth-order valence-electron chi connectivity index (χ4n) is 4.43. The van der Waals surface area contributed by atoms with E-state index in [9.17, 15) is 4.79 Å². The lowest BCUT2D eigenvalue weighted by Gasteiger charge is -2.27. The Morgan fingerprint density at radius 3 is 2.41 bits per heavy atom. The number of benzene rings is 4. The number of rotatable bonds is 3. The summed E-state index contributed by atoms with van der Waals surface area (Å²) in [6.45, 7) is 5.20. The number of amides is 1. The summed E-state index contributed by atoms with van der Waals surface area (Å²) in [6.07, 6.45) is 0. The number of carbonyl (C=O) groups is 1. The normalized spacial score (nSPS) is 16.2. The second kappa shape index (κ2) is 8.33. The number of hydrogen-bond donors (Lipinski definition) is 0. The number of hydrogen-bond acceptors (Lipinski definition) is 2. The Hall–Kier alpha value is -3.30. The highest BCUT2D eigenvalue weighted by Crippen LogP contribution is 2.41. The molecule has 1 unspecified atom stereocenters. The van der Waals surface area contributed by atoms with Gasteiger partial charge in [0.05, 0.1) is 23.8 Å². The molecule has 1 aliphatic rings. The molecule has 0 saturated carbocycles. The summed E-state index contributed by atoms with van der Waals surface area (Å²) in [5.41, 5.74) is 5.22. The standard InChI is InChI=1S/C28H25ClN2O/c1-19-7-12-25(13-8-19)30-17-20(2)28(32)31(26-14-11-24(29)16-27(26)30)18-21-9-10-22-5-3-4-6-23(22)15-21/h3-16,20H,17-18H2,1-2H3. The lowest BCUT2D eigenvalue weighted by molar-refractivity contribution is -0.121. The number of aryl methyl sites for hydroxylation is 1. The van der Waals surface area contributed by atoms with Crippen molar-refractivity contribution in [3.05, 3.63) is 101 Å². The van der Waals surface area contributed by atoms with Gasteiger partial charge in [-0.3, -0.25) is 4.79 Å². The molecule has 0 saturated heterocycles. The van der Waals surface area contributed by atoms with Crippen LogP contribution in [0.4, 0.5) is 17.1 Å². The van der Waals surface area contributed by atoms with Gasteiger partial charge in [0.1, 0.15) is 0 Å². The van der Waals surface area contributed by atoms with Crippen molar-refractivity contribution in [1.29, 1.82) is 0 Å². The van der Waals surface area contributed by atoms with Crippen LogP contribution in [-0.4, -0.2) is 12.5 Å². The van der Waals surface area contributed by atoms with Gasteiger partial charge in [-0.15, -0.1) is 0 Å². The highest BCUT2D eigenvalue weighted by molar-refractivity contribution is 6.31. The topological polar surface area (TPSA) is 23.6 Å². The van der Waals surface area contributed by atoms with Crippen molar-refractivity contribution in [2.45, 2.75) is 20.4 Å². The molecule has 0 fully saturated rings. The second-order valence-electron chi connectivity index (χ2n) is 8.59. The van der Waals surface area contributed by atoms with Crippen LogP contribution in [0.5, 0.6) is 0 Å². The van der Waals surface area contributed by atoms with Crippen LogP contribution in [0.3, 0.4) is 0 Å². The van der Waals surface area contributed by atoms with Crippen LogP contribution in [0.2, 0.25) is 5.02 Å². The van der Waals surface area contributed by atoms with E-state index < -0.39 is 0 Å². The SMILES string of the molecule is Cc1ccc(N2CC(C)C(=O)N(Cc3ccc4ccccc4c3)c3ccc(Cl)cc32)cc1. The summed E-state index contributed by atoms with van der Waals surface area (Å²) in [5.74, 6) is -0.0423. The fourth-order valence-corrected chi connectivity index (χ4v) is 4.59. The van der Waals surface area contributed by atoms with E-state index in [1.165, 1.54) is 16.3 Å². The zero-order valence-electron chi connectivity index (χ0n) is 18.3. The van der Waals surface area contributed by atoms with Crippen LogP contribution in [0, 0.1) is 12.8 Å². The molecule has 32 heavy (non-hydrogen) atoms. The molecular weight excluding hydrogens is 416 g/mol. The predicted octanol–water partition coefficient (Wildman–Crippen LogP) is 7.12. The summed E-state index contributed by atoms with van der Waals surface area (Å²) in [6, 6.07) is 28.9. The van der Waals surface area contributed by atoms with Crippen LogP contribution in [0.15, 0.2) is 84.9 Å². The Kier molecular flexibility index (Phi) is 5.36. The van der Waals surface area contributed by atoms with Crippen molar-refractivity contribution >= 4 is 45.3 Å². The lowest BCUT2D eigenvalue weighted by atomic mass is 10.1. The monoisotopic (exact) mass is 440 g/mol. The number of fused-ring (bicyclic) bond motifs is 2. The Labute approximate surface area is 193 Å². The molecule has 0 aliphatic carbocycles. The molecule has 1 atom stereocenters. The number of carbonyl (C=O) groups excluding carboxylic acids is 1. The molecule has 0 aromatic heterocycles. The maximum absolute atomic E-state index is 13.6. The first-order valence-electron chi connectivity index (χ1n) is 10.9. The van der Waals surface area contributed by atoms with Crippen molar-refractivity contribution in [2.75, 3.05) is 16.3 Å². The van der Waals surface area contributed by atoms with Gasteiger partial charge in [0, 0.05) is 17.3 Å². The van der Waals surface area contributed by atoms with Gasteiger partial charge >= 0.3 is 0 Å². The fraction of sp³-hybridized carbons (Fsp3) is 0.179. The van der Waals surface area contributed by atoms with Crippen LogP contribution < -0.4 is 9.80 Å². The highest BCUT2D eigenvalue weighted by atomic mass is 35.5. The molecule has 5 rings (SSSR count). The third-order valence-corrected chi connectivity index (χ3v) is 6.40. The van der Waals surface area contributed by atoms with Crippen molar-refractivity contribution in [3.8, 4) is 0 Å². The zero-order valence-corrected chi connectivity index (χ0v) is 19.0. The number of anilines is 3. The van der Waals surface area contributed by atoms with E-state index in [0.717, 1.165) is 22.6 Å². The molecule has 0 radical (unpaired) electrons. The zero-order chi connectivity index (χ0) is 22.2. The van der Waals surface area contributed by atoms with Crippen LogP contribution in [0.25, 0.3) is 10.8 Å². The molecule has 160 valence electrons. The molecule has 4 aromatic carbocycles. The average Bonchev–Trinajstić information content (AvgIpc) is 2.90. The maximum Gasteiger partial charge on any atom is 0.231 e. The number of halogens is 1. The Morgan fingerprint density at radius 1 is 0.875 bits per heavy atom. The number of nitrogens with zero attached hydrogens (tertiary/aromatic N) is 2. The van der Waals surface area contributed by atoms with Gasteiger partial charge in [-0.05, 0) is 59.7 Å². The Morgan fingerprint density at radius 2 is 1.62 bits per heavy atom. The predicted molar refractivity (Wildman–Crippen MR) is 134 cm³/mol. The maximum atomic E-state index is 13.6. The van der Waals surface area contributed by atoms with E-state index in [-0.39, 0.29) is 11.8 Å². The molecule has 3 nitrogen and oxygen atoms in total. The minimum absolute atomic E-state index is 0.122. The molecule has 4 aromatic rings. The molecular formula is C28H25ClN2O.